The number of halogens is 1. The highest BCUT2D eigenvalue weighted by atomic mass is 35.5. The summed E-state index contributed by atoms with van der Waals surface area (Å²) in [4.78, 5) is 26.7. The Labute approximate surface area is 156 Å². The fourth-order valence-corrected chi connectivity index (χ4v) is 3.22. The number of ether oxygens (including phenoxy) is 1. The van der Waals surface area contributed by atoms with E-state index in [1.54, 1.807) is 44.4 Å². The normalized spacial score (nSPS) is 10.2. The van der Waals surface area contributed by atoms with Gasteiger partial charge in [0, 0.05) is 24.0 Å². The van der Waals surface area contributed by atoms with E-state index in [-0.39, 0.29) is 17.6 Å². The maximum Gasteiger partial charge on any atom is 0.256 e. The average molecular weight is 379 g/mol. The zero-order chi connectivity index (χ0) is 18.4. The first kappa shape index (κ1) is 19.1. The Kier molecular flexibility index (Phi) is 6.73. The molecule has 0 saturated heterocycles. The summed E-state index contributed by atoms with van der Waals surface area (Å²) < 4.78 is 5.24. The minimum absolute atomic E-state index is 0.0169. The highest BCUT2D eigenvalue weighted by Crippen LogP contribution is 2.29. The number of amides is 2. The summed E-state index contributed by atoms with van der Waals surface area (Å²) >= 11 is 7.32. The summed E-state index contributed by atoms with van der Waals surface area (Å²) in [5.41, 5.74) is 0.977. The molecule has 0 atom stereocenters. The lowest BCUT2D eigenvalue weighted by molar-refractivity contribution is -0.125. The van der Waals surface area contributed by atoms with E-state index >= 15 is 0 Å². The third-order valence-electron chi connectivity index (χ3n) is 3.39. The molecule has 5 nitrogen and oxygen atoms in total. The van der Waals surface area contributed by atoms with Crippen LogP contribution in [-0.4, -0.2) is 43.7 Å². The molecule has 0 unspecified atom stereocenters. The average Bonchev–Trinajstić information content (AvgIpc) is 2.60. The highest BCUT2D eigenvalue weighted by Gasteiger charge is 2.15. The molecule has 0 heterocycles. The number of anilines is 1. The largest absolute Gasteiger partial charge is 0.495 e. The number of benzene rings is 2. The molecule has 0 aliphatic heterocycles. The summed E-state index contributed by atoms with van der Waals surface area (Å²) in [6, 6.07) is 12.2. The minimum Gasteiger partial charge on any atom is -0.495 e. The van der Waals surface area contributed by atoms with Crippen molar-refractivity contribution in [3.8, 4) is 5.75 Å². The topological polar surface area (TPSA) is 58.6 Å². The van der Waals surface area contributed by atoms with E-state index < -0.39 is 0 Å². The molecular weight excluding hydrogens is 360 g/mol. The number of nitrogens with one attached hydrogen (secondary N) is 1. The standard InChI is InChI=1S/C18H19ClN2O3S/c1-21(2)17(22)11-25-16-7-5-4-6-13(16)18(23)20-14-10-12(19)8-9-15(14)24-3/h4-10H,11H2,1-3H3,(H,20,23). The molecule has 0 bridgehead atoms. The van der Waals surface area contributed by atoms with E-state index in [0.29, 0.717) is 22.0 Å². The zero-order valence-corrected chi connectivity index (χ0v) is 15.8. The second kappa shape index (κ2) is 8.78. The van der Waals surface area contributed by atoms with Crippen LogP contribution in [-0.2, 0) is 4.79 Å². The van der Waals surface area contributed by atoms with Crippen LogP contribution in [0.4, 0.5) is 5.69 Å². The first-order valence-corrected chi connectivity index (χ1v) is 8.85. The van der Waals surface area contributed by atoms with Crippen LogP contribution in [0.25, 0.3) is 0 Å². The molecule has 132 valence electrons. The van der Waals surface area contributed by atoms with Crippen molar-refractivity contribution in [3.63, 3.8) is 0 Å². The maximum absolute atomic E-state index is 12.7. The van der Waals surface area contributed by atoms with E-state index in [4.69, 9.17) is 16.3 Å². The molecule has 2 rings (SSSR count). The second-order valence-electron chi connectivity index (χ2n) is 5.37. The van der Waals surface area contributed by atoms with Crippen molar-refractivity contribution >= 4 is 40.9 Å². The van der Waals surface area contributed by atoms with E-state index in [1.165, 1.54) is 23.8 Å². The third kappa shape index (κ3) is 5.14. The fourth-order valence-electron chi connectivity index (χ4n) is 2.02. The number of nitrogens with zero attached hydrogens (tertiary/aromatic N) is 1. The van der Waals surface area contributed by atoms with Gasteiger partial charge in [-0.05, 0) is 30.3 Å². The quantitative estimate of drug-likeness (QED) is 0.777. The van der Waals surface area contributed by atoms with Gasteiger partial charge < -0.3 is 15.0 Å². The number of carbonyl (C=O) groups excluding carboxylic acids is 2. The van der Waals surface area contributed by atoms with Crippen molar-refractivity contribution in [1.29, 1.82) is 0 Å². The van der Waals surface area contributed by atoms with Crippen LogP contribution in [0.1, 0.15) is 10.4 Å². The third-order valence-corrected chi connectivity index (χ3v) is 4.68. The van der Waals surface area contributed by atoms with Gasteiger partial charge >= 0.3 is 0 Å². The van der Waals surface area contributed by atoms with Crippen LogP contribution in [0, 0.1) is 0 Å². The summed E-state index contributed by atoms with van der Waals surface area (Å²) in [7, 11) is 4.93. The van der Waals surface area contributed by atoms with E-state index in [1.807, 2.05) is 12.1 Å². The van der Waals surface area contributed by atoms with Gasteiger partial charge in [-0.2, -0.15) is 0 Å². The molecule has 2 amide bonds. The molecule has 7 heteroatoms. The molecule has 0 spiro atoms. The predicted molar refractivity (Wildman–Crippen MR) is 102 cm³/mol. The highest BCUT2D eigenvalue weighted by molar-refractivity contribution is 8.00. The van der Waals surface area contributed by atoms with Gasteiger partial charge in [0.05, 0.1) is 24.1 Å². The second-order valence-corrected chi connectivity index (χ2v) is 6.83. The Bertz CT molecular complexity index is 781. The summed E-state index contributed by atoms with van der Waals surface area (Å²) in [5.74, 6) is 0.473. The molecule has 2 aromatic carbocycles. The van der Waals surface area contributed by atoms with Crippen LogP contribution in [0.5, 0.6) is 5.75 Å². The number of hydrogen-bond acceptors (Lipinski definition) is 4. The summed E-state index contributed by atoms with van der Waals surface area (Å²) in [6.07, 6.45) is 0. The molecule has 0 fully saturated rings. The molecule has 2 aromatic rings. The van der Waals surface area contributed by atoms with Crippen LogP contribution in [0.3, 0.4) is 0 Å². The molecule has 1 N–H and O–H groups in total. The van der Waals surface area contributed by atoms with Crippen molar-refractivity contribution in [2.45, 2.75) is 4.90 Å². The predicted octanol–water partition coefficient (Wildman–Crippen LogP) is 3.78. The Hall–Kier alpha value is -2.18. The van der Waals surface area contributed by atoms with Gasteiger partial charge in [-0.15, -0.1) is 11.8 Å². The molecule has 0 saturated carbocycles. The van der Waals surface area contributed by atoms with Crippen LogP contribution in [0.2, 0.25) is 5.02 Å². The first-order chi connectivity index (χ1) is 11.9. The van der Waals surface area contributed by atoms with Crippen molar-refractivity contribution in [1.82, 2.24) is 4.90 Å². The lowest BCUT2D eigenvalue weighted by Crippen LogP contribution is -2.23. The summed E-state index contributed by atoms with van der Waals surface area (Å²) in [6.45, 7) is 0. The Morgan fingerprint density at radius 3 is 2.60 bits per heavy atom. The van der Waals surface area contributed by atoms with Gasteiger partial charge in [-0.25, -0.2) is 0 Å². The van der Waals surface area contributed by atoms with E-state index in [9.17, 15) is 9.59 Å². The van der Waals surface area contributed by atoms with Crippen molar-refractivity contribution in [2.24, 2.45) is 0 Å². The van der Waals surface area contributed by atoms with Crippen LogP contribution >= 0.6 is 23.4 Å². The maximum atomic E-state index is 12.7. The molecule has 0 radical (unpaired) electrons. The molecule has 25 heavy (non-hydrogen) atoms. The first-order valence-electron chi connectivity index (χ1n) is 7.49. The number of methoxy groups -OCH3 is 1. The smallest absolute Gasteiger partial charge is 0.256 e. The number of thioether (sulfide) groups is 1. The van der Waals surface area contributed by atoms with Gasteiger partial charge in [0.25, 0.3) is 5.91 Å². The van der Waals surface area contributed by atoms with E-state index in [0.717, 1.165) is 4.90 Å². The molecular formula is C18H19ClN2O3S. The minimum atomic E-state index is -0.291. The number of carbonyl (C=O) groups is 2. The summed E-state index contributed by atoms with van der Waals surface area (Å²) in [5, 5.41) is 3.31. The monoisotopic (exact) mass is 378 g/mol. The van der Waals surface area contributed by atoms with E-state index in [2.05, 4.69) is 5.32 Å². The number of hydrogen-bond donors (Lipinski definition) is 1. The van der Waals surface area contributed by atoms with Gasteiger partial charge in [0.15, 0.2) is 0 Å². The van der Waals surface area contributed by atoms with Crippen LogP contribution < -0.4 is 10.1 Å². The van der Waals surface area contributed by atoms with Gasteiger partial charge in [0.2, 0.25) is 5.91 Å². The van der Waals surface area contributed by atoms with Crippen molar-refractivity contribution in [3.05, 3.63) is 53.1 Å². The van der Waals surface area contributed by atoms with Crippen molar-refractivity contribution in [2.75, 3.05) is 32.3 Å². The molecule has 0 aromatic heterocycles. The van der Waals surface area contributed by atoms with Crippen molar-refractivity contribution < 1.29 is 14.3 Å². The van der Waals surface area contributed by atoms with Gasteiger partial charge in [-0.3, -0.25) is 9.59 Å². The fraction of sp³-hybridized carbons (Fsp3) is 0.222. The number of rotatable bonds is 6. The molecule has 0 aliphatic rings. The Balaban J connectivity index is 2.20. The molecule has 0 aliphatic carbocycles. The SMILES string of the molecule is COc1ccc(Cl)cc1NC(=O)c1ccccc1SCC(=O)N(C)C. The zero-order valence-electron chi connectivity index (χ0n) is 14.2. The van der Waals surface area contributed by atoms with Gasteiger partial charge in [-0.1, -0.05) is 23.7 Å². The lowest BCUT2D eigenvalue weighted by atomic mass is 10.2. The Morgan fingerprint density at radius 2 is 1.92 bits per heavy atom. The van der Waals surface area contributed by atoms with Gasteiger partial charge in [0.1, 0.15) is 5.75 Å². The lowest BCUT2D eigenvalue weighted by Gasteiger charge is -2.13. The Morgan fingerprint density at radius 1 is 1.20 bits per heavy atom. The van der Waals surface area contributed by atoms with Crippen LogP contribution in [0.15, 0.2) is 47.4 Å².